The van der Waals surface area contributed by atoms with Crippen molar-refractivity contribution >= 4 is 160 Å². The predicted octanol–water partition coefficient (Wildman–Crippen LogP) is 30.2. The smallest absolute Gasteiger partial charge is 0.0543 e. The number of hydrogen-bond acceptors (Lipinski definition) is 3. The number of fused-ring (bicyclic) bond motifs is 15. The second kappa shape index (κ2) is 27.8. The number of aromatic nitrogens is 5. The minimum atomic E-state index is 1.04. The Hall–Kier alpha value is -15.6. The van der Waals surface area contributed by atoms with E-state index in [1.807, 2.05) is 0 Å². The third kappa shape index (κ3) is 11.4. The topological polar surface area (TPSA) is 34.4 Å². The van der Waals surface area contributed by atoms with Crippen LogP contribution in [0.2, 0.25) is 0 Å². The maximum absolute atomic E-state index is 2.45. The Labute approximate surface area is 688 Å². The number of rotatable bonds is 15. The highest BCUT2D eigenvalue weighted by Gasteiger charge is 2.24. The molecule has 23 rings (SSSR count). The van der Waals surface area contributed by atoms with E-state index in [1.165, 1.54) is 109 Å². The van der Waals surface area contributed by atoms with E-state index in [4.69, 9.17) is 0 Å². The number of hydrogen-bond donors (Lipinski definition) is 0. The van der Waals surface area contributed by atoms with Gasteiger partial charge in [0.25, 0.3) is 0 Å². The van der Waals surface area contributed by atoms with Crippen LogP contribution in [-0.2, 0) is 0 Å². The van der Waals surface area contributed by atoms with Crippen LogP contribution in [-0.4, -0.2) is 22.8 Å². The fraction of sp³-hybridized carbons (Fsp3) is 0.0270. The summed E-state index contributed by atoms with van der Waals surface area (Å²) in [6.45, 7) is 6.53. The summed E-state index contributed by atoms with van der Waals surface area (Å²) in [4.78, 5) is 7.11. The molecule has 0 amide bonds. The molecule has 5 heterocycles. The molecule has 0 N–H and O–H groups in total. The van der Waals surface area contributed by atoms with Gasteiger partial charge in [-0.1, -0.05) is 176 Å². The van der Waals surface area contributed by atoms with E-state index < -0.39 is 0 Å². The summed E-state index contributed by atoms with van der Waals surface area (Å²) in [6, 6.07) is 154. The zero-order valence-corrected chi connectivity index (χ0v) is 65.9. The zero-order chi connectivity index (χ0) is 78.9. The molecule has 0 saturated heterocycles. The maximum atomic E-state index is 2.45. The van der Waals surface area contributed by atoms with Crippen molar-refractivity contribution in [3.05, 3.63) is 435 Å². The average molecular weight is 1520 g/mol. The monoisotopic (exact) mass is 1520 g/mol. The molecule has 0 fully saturated rings. The van der Waals surface area contributed by atoms with Crippen LogP contribution in [0.1, 0.15) is 16.7 Å². The van der Waals surface area contributed by atoms with Gasteiger partial charge in [0.1, 0.15) is 0 Å². The summed E-state index contributed by atoms with van der Waals surface area (Å²) in [6.07, 6.45) is 0. The first kappa shape index (κ1) is 68.9. The van der Waals surface area contributed by atoms with Crippen LogP contribution in [0.5, 0.6) is 0 Å². The van der Waals surface area contributed by atoms with Crippen LogP contribution in [0.3, 0.4) is 0 Å². The van der Waals surface area contributed by atoms with Gasteiger partial charge >= 0.3 is 0 Å². The van der Waals surface area contributed by atoms with E-state index in [1.54, 1.807) is 0 Å². The Balaban J connectivity index is 0.592. The maximum Gasteiger partial charge on any atom is 0.0543 e. The van der Waals surface area contributed by atoms with E-state index in [0.29, 0.717) is 0 Å². The number of benzene rings is 18. The third-order valence-electron chi connectivity index (χ3n) is 24.4. The minimum absolute atomic E-state index is 1.04. The van der Waals surface area contributed by atoms with Crippen molar-refractivity contribution in [2.45, 2.75) is 20.8 Å². The third-order valence-corrected chi connectivity index (χ3v) is 24.4. The molecular weight excluding hydrogens is 1450 g/mol. The first-order valence-electron chi connectivity index (χ1n) is 40.9. The van der Waals surface area contributed by atoms with Gasteiger partial charge in [-0.05, 0) is 291 Å². The van der Waals surface area contributed by atoms with Gasteiger partial charge in [-0.25, -0.2) is 0 Å². The summed E-state index contributed by atoms with van der Waals surface area (Å²) in [5.41, 5.74) is 32.8. The van der Waals surface area contributed by atoms with Gasteiger partial charge in [0, 0.05) is 133 Å². The molecule has 562 valence electrons. The number of anilines is 9. The van der Waals surface area contributed by atoms with E-state index in [-0.39, 0.29) is 0 Å². The Bertz CT molecular complexity index is 7650. The lowest BCUT2D eigenvalue weighted by atomic mass is 10.0. The van der Waals surface area contributed by atoms with Crippen LogP contribution >= 0.6 is 0 Å². The highest BCUT2D eigenvalue weighted by atomic mass is 15.2. The molecular formula is C111H78N8. The van der Waals surface area contributed by atoms with Crippen molar-refractivity contribution < 1.29 is 0 Å². The summed E-state index contributed by atoms with van der Waals surface area (Å²) in [5, 5.41) is 12.3. The normalized spacial score (nSPS) is 11.8. The number of nitrogens with zero attached hydrogens (tertiary/aromatic N) is 8. The van der Waals surface area contributed by atoms with Crippen molar-refractivity contribution in [1.82, 2.24) is 22.8 Å². The van der Waals surface area contributed by atoms with E-state index in [9.17, 15) is 0 Å². The minimum Gasteiger partial charge on any atom is -0.310 e. The van der Waals surface area contributed by atoms with Crippen molar-refractivity contribution in [2.24, 2.45) is 0 Å². The molecule has 0 aliphatic rings. The summed E-state index contributed by atoms with van der Waals surface area (Å²) < 4.78 is 12.1. The van der Waals surface area contributed by atoms with Crippen LogP contribution in [0.15, 0.2) is 419 Å². The SMILES string of the molecule is Cc1cccc(N(c2ccccc2)c2ccc(N(c3ccc(-n4c5ccccc5c5ccc(C)cc54)cc3)c3ccc(-n4c5ccc(-c6ccc7c(c6)c6ccccc6n7-c6ccc(N(c7ccc(-n8c9ccccc9c9ccccc98)cc7)c7ccc(-n8c9ccccc9c9ccccc98)cc7)cc6)cc5c5ccc(C)cc54)cc3)cc2)c1. The fourth-order valence-electron chi connectivity index (χ4n) is 19.0. The van der Waals surface area contributed by atoms with E-state index in [2.05, 4.69) is 477 Å². The van der Waals surface area contributed by atoms with Gasteiger partial charge in [-0.2, -0.15) is 0 Å². The van der Waals surface area contributed by atoms with Crippen molar-refractivity contribution in [3.63, 3.8) is 0 Å². The lowest BCUT2D eigenvalue weighted by molar-refractivity contribution is 1.16. The molecule has 0 unspecified atom stereocenters. The molecule has 119 heavy (non-hydrogen) atoms. The van der Waals surface area contributed by atoms with Gasteiger partial charge in [-0.15, -0.1) is 0 Å². The molecule has 0 bridgehead atoms. The highest BCUT2D eigenvalue weighted by Crippen LogP contribution is 2.46. The number of para-hydroxylation sites is 7. The Morgan fingerprint density at radius 3 is 0.689 bits per heavy atom. The van der Waals surface area contributed by atoms with Gasteiger partial charge in [0.2, 0.25) is 0 Å². The molecule has 0 radical (unpaired) electrons. The van der Waals surface area contributed by atoms with Crippen LogP contribution < -0.4 is 14.7 Å². The van der Waals surface area contributed by atoms with E-state index in [0.717, 1.165) is 107 Å². The van der Waals surface area contributed by atoms with Crippen LogP contribution in [0.4, 0.5) is 51.2 Å². The molecule has 23 aromatic rings. The molecule has 0 atom stereocenters. The second-order valence-corrected chi connectivity index (χ2v) is 31.6. The molecule has 0 aliphatic carbocycles. The molecule has 0 spiro atoms. The molecule has 0 aliphatic heterocycles. The average Bonchev–Trinajstić information content (AvgIpc) is 1.59. The van der Waals surface area contributed by atoms with Crippen molar-refractivity contribution in [1.29, 1.82) is 0 Å². The molecule has 18 aromatic carbocycles. The molecule has 0 saturated carbocycles. The Morgan fingerprint density at radius 2 is 0.370 bits per heavy atom. The predicted molar refractivity (Wildman–Crippen MR) is 502 cm³/mol. The van der Waals surface area contributed by atoms with Crippen molar-refractivity contribution in [3.8, 4) is 39.6 Å². The molecule has 8 nitrogen and oxygen atoms in total. The first-order chi connectivity index (χ1) is 58.7. The number of aryl methyl sites for hydroxylation is 3. The van der Waals surface area contributed by atoms with Crippen LogP contribution in [0.25, 0.3) is 149 Å². The lowest BCUT2D eigenvalue weighted by Crippen LogP contribution is -2.12. The Kier molecular flexibility index (Phi) is 16.1. The van der Waals surface area contributed by atoms with Crippen LogP contribution in [0, 0.1) is 20.8 Å². The highest BCUT2D eigenvalue weighted by molar-refractivity contribution is 6.15. The fourth-order valence-corrected chi connectivity index (χ4v) is 19.0. The Morgan fingerprint density at radius 1 is 0.143 bits per heavy atom. The first-order valence-corrected chi connectivity index (χ1v) is 40.9. The zero-order valence-electron chi connectivity index (χ0n) is 65.9. The van der Waals surface area contributed by atoms with Gasteiger partial charge < -0.3 is 37.5 Å². The summed E-state index contributed by atoms with van der Waals surface area (Å²) >= 11 is 0. The van der Waals surface area contributed by atoms with Gasteiger partial charge in [0.15, 0.2) is 0 Å². The van der Waals surface area contributed by atoms with Gasteiger partial charge in [-0.3, -0.25) is 0 Å². The van der Waals surface area contributed by atoms with Gasteiger partial charge in [0.05, 0.1) is 55.2 Å². The second-order valence-electron chi connectivity index (χ2n) is 31.6. The largest absolute Gasteiger partial charge is 0.310 e. The summed E-state index contributed by atoms with van der Waals surface area (Å²) in [5.74, 6) is 0. The van der Waals surface area contributed by atoms with Crippen molar-refractivity contribution in [2.75, 3.05) is 14.7 Å². The lowest BCUT2D eigenvalue weighted by Gasteiger charge is -2.28. The molecule has 8 heteroatoms. The quantitative estimate of drug-likeness (QED) is 0.103. The molecule has 5 aromatic heterocycles. The van der Waals surface area contributed by atoms with E-state index >= 15 is 0 Å². The standard InChI is InChI=1S/C111H78N8/c1-73-20-19-23-91(68-73)114(78-21-5-4-6-22-78)85-42-40-79(41-43-85)112(83-50-60-89(61-51-83)118-106-34-17-11-28-96(106)98-64-36-74(2)69-110(98)118)84-52-62-90(63-53-84)119-109-67-39-77(72-101(109)99-65-37-75(3)70-111(99)119)76-38-66-108-100(71-76)97-29-12-18-35-107(97)117(108)88-58-48-82(49-59-88)113(80-44-54-86(55-45-80)115-102-30-13-7-24-92(102)93-25-8-14-31-103(93)115)81-46-56-87(57-47-81)116-104-32-15-9-26-94(104)95-27-10-16-33-105(95)116/h4-72H,1-3H3. The summed E-state index contributed by atoms with van der Waals surface area (Å²) in [7, 11) is 0.